The van der Waals surface area contributed by atoms with E-state index in [-0.39, 0.29) is 5.75 Å². The van der Waals surface area contributed by atoms with Gasteiger partial charge in [0, 0.05) is 12.8 Å². The van der Waals surface area contributed by atoms with Gasteiger partial charge in [-0.2, -0.15) is 0 Å². The summed E-state index contributed by atoms with van der Waals surface area (Å²) >= 11 is 0. The maximum absolute atomic E-state index is 11.2. The van der Waals surface area contributed by atoms with Crippen LogP contribution in [0.1, 0.15) is 26.2 Å². The van der Waals surface area contributed by atoms with Gasteiger partial charge in [0.2, 0.25) is 0 Å². The van der Waals surface area contributed by atoms with Crippen molar-refractivity contribution in [3.63, 3.8) is 0 Å². The van der Waals surface area contributed by atoms with Crippen molar-refractivity contribution >= 4 is 15.8 Å². The van der Waals surface area contributed by atoms with Crippen molar-refractivity contribution in [2.45, 2.75) is 32.2 Å². The monoisotopic (exact) mass is 263 g/mol. The van der Waals surface area contributed by atoms with Gasteiger partial charge in [0.25, 0.3) is 0 Å². The van der Waals surface area contributed by atoms with Crippen LogP contribution >= 0.6 is 0 Å². The SMILES string of the molecule is CCC1CCN(CCS(C)(=O)=O)C(C(=O)O)C1. The zero-order chi connectivity index (χ0) is 13.1. The van der Waals surface area contributed by atoms with Crippen molar-refractivity contribution < 1.29 is 18.3 Å². The van der Waals surface area contributed by atoms with Crippen LogP contribution in [0.4, 0.5) is 0 Å². The molecular weight excluding hydrogens is 242 g/mol. The summed E-state index contributed by atoms with van der Waals surface area (Å²) in [5.74, 6) is -0.352. The predicted molar refractivity (Wildman–Crippen MR) is 65.7 cm³/mol. The fraction of sp³-hybridized carbons (Fsp3) is 0.909. The van der Waals surface area contributed by atoms with Crippen LogP contribution in [0, 0.1) is 5.92 Å². The van der Waals surface area contributed by atoms with E-state index in [2.05, 4.69) is 6.92 Å². The maximum atomic E-state index is 11.2. The van der Waals surface area contributed by atoms with Gasteiger partial charge in [-0.1, -0.05) is 13.3 Å². The Morgan fingerprint density at radius 3 is 2.59 bits per heavy atom. The first-order chi connectivity index (χ1) is 7.83. The van der Waals surface area contributed by atoms with Crippen LogP contribution in [0.3, 0.4) is 0 Å². The van der Waals surface area contributed by atoms with Gasteiger partial charge in [0.05, 0.1) is 5.75 Å². The number of piperidine rings is 1. The van der Waals surface area contributed by atoms with E-state index in [0.29, 0.717) is 25.4 Å². The lowest BCUT2D eigenvalue weighted by Gasteiger charge is -2.36. The Labute approximate surface area is 103 Å². The summed E-state index contributed by atoms with van der Waals surface area (Å²) in [6.45, 7) is 3.08. The molecule has 0 aromatic carbocycles. The second-order valence-corrected chi connectivity index (χ2v) is 7.08. The third kappa shape index (κ3) is 4.63. The molecule has 0 amide bonds. The van der Waals surface area contributed by atoms with Crippen LogP contribution in [0.15, 0.2) is 0 Å². The van der Waals surface area contributed by atoms with E-state index in [4.69, 9.17) is 5.11 Å². The van der Waals surface area contributed by atoms with Gasteiger partial charge in [-0.25, -0.2) is 8.42 Å². The molecule has 0 aromatic heterocycles. The highest BCUT2D eigenvalue weighted by atomic mass is 32.2. The Bertz CT molecular complexity index is 366. The van der Waals surface area contributed by atoms with Gasteiger partial charge in [-0.05, 0) is 25.3 Å². The number of carbonyl (C=O) groups is 1. The largest absolute Gasteiger partial charge is 0.480 e. The normalized spacial score (nSPS) is 26.9. The summed E-state index contributed by atoms with van der Waals surface area (Å²) in [5.41, 5.74) is 0. The highest BCUT2D eigenvalue weighted by molar-refractivity contribution is 7.90. The van der Waals surface area contributed by atoms with E-state index in [1.54, 1.807) is 4.90 Å². The lowest BCUT2D eigenvalue weighted by Crippen LogP contribution is -2.48. The molecule has 1 fully saturated rings. The van der Waals surface area contributed by atoms with Crippen molar-refractivity contribution in [1.82, 2.24) is 4.90 Å². The summed E-state index contributed by atoms with van der Waals surface area (Å²) in [4.78, 5) is 12.9. The fourth-order valence-electron chi connectivity index (χ4n) is 2.27. The van der Waals surface area contributed by atoms with Crippen molar-refractivity contribution in [3.05, 3.63) is 0 Å². The number of sulfone groups is 1. The number of likely N-dealkylation sites (tertiary alicyclic amines) is 1. The molecule has 2 atom stereocenters. The predicted octanol–water partition coefficient (Wildman–Crippen LogP) is 0.606. The molecule has 1 rings (SSSR count). The molecule has 17 heavy (non-hydrogen) atoms. The van der Waals surface area contributed by atoms with E-state index in [0.717, 1.165) is 12.8 Å². The molecule has 1 aliphatic heterocycles. The molecule has 0 aromatic rings. The molecular formula is C11H21NO4S. The van der Waals surface area contributed by atoms with Crippen LogP contribution in [0.5, 0.6) is 0 Å². The fourth-order valence-corrected chi connectivity index (χ4v) is 2.83. The van der Waals surface area contributed by atoms with Gasteiger partial charge < -0.3 is 5.11 Å². The van der Waals surface area contributed by atoms with Crippen molar-refractivity contribution in [3.8, 4) is 0 Å². The van der Waals surface area contributed by atoms with Gasteiger partial charge >= 0.3 is 5.97 Å². The van der Waals surface area contributed by atoms with Gasteiger partial charge in [0.1, 0.15) is 15.9 Å². The van der Waals surface area contributed by atoms with Crippen molar-refractivity contribution in [1.29, 1.82) is 0 Å². The third-order valence-electron chi connectivity index (χ3n) is 3.43. The molecule has 1 aliphatic rings. The summed E-state index contributed by atoms with van der Waals surface area (Å²) in [7, 11) is -3.03. The van der Waals surface area contributed by atoms with Crippen LogP contribution in [0.25, 0.3) is 0 Å². The zero-order valence-corrected chi connectivity index (χ0v) is 11.2. The van der Waals surface area contributed by atoms with E-state index in [1.807, 2.05) is 0 Å². The molecule has 6 heteroatoms. The van der Waals surface area contributed by atoms with Crippen LogP contribution in [-0.2, 0) is 14.6 Å². The smallest absolute Gasteiger partial charge is 0.320 e. The molecule has 0 radical (unpaired) electrons. The number of aliphatic carboxylic acids is 1. The van der Waals surface area contributed by atoms with Crippen molar-refractivity contribution in [2.24, 2.45) is 5.92 Å². The number of carboxylic acids is 1. The van der Waals surface area contributed by atoms with Crippen molar-refractivity contribution in [2.75, 3.05) is 25.1 Å². The van der Waals surface area contributed by atoms with Crippen LogP contribution in [0.2, 0.25) is 0 Å². The first kappa shape index (κ1) is 14.4. The first-order valence-corrected chi connectivity index (χ1v) is 8.04. The quantitative estimate of drug-likeness (QED) is 0.786. The van der Waals surface area contributed by atoms with Gasteiger partial charge in [0.15, 0.2) is 0 Å². The zero-order valence-electron chi connectivity index (χ0n) is 10.4. The summed E-state index contributed by atoms with van der Waals surface area (Å²) < 4.78 is 22.2. The highest BCUT2D eigenvalue weighted by Gasteiger charge is 2.32. The number of rotatable bonds is 5. The summed E-state index contributed by atoms with van der Waals surface area (Å²) in [6, 6.07) is -0.518. The van der Waals surface area contributed by atoms with E-state index in [1.165, 1.54) is 6.26 Å². The van der Waals surface area contributed by atoms with Crippen LogP contribution in [-0.4, -0.2) is 55.5 Å². The second-order valence-electron chi connectivity index (χ2n) is 4.82. The Balaban J connectivity index is 2.61. The molecule has 0 bridgehead atoms. The van der Waals surface area contributed by atoms with E-state index in [9.17, 15) is 13.2 Å². The molecule has 5 nitrogen and oxygen atoms in total. The second kappa shape index (κ2) is 5.82. The minimum absolute atomic E-state index is 0.0353. The Hall–Kier alpha value is -0.620. The standard InChI is InChI=1S/C11H21NO4S/c1-3-9-4-5-12(6-7-17(2,15)16)10(8-9)11(13)14/h9-10H,3-8H2,1-2H3,(H,13,14). The van der Waals surface area contributed by atoms with E-state index < -0.39 is 21.8 Å². The number of carboxylic acid groups (broad SMARTS) is 1. The molecule has 0 aliphatic carbocycles. The highest BCUT2D eigenvalue weighted by Crippen LogP contribution is 2.25. The topological polar surface area (TPSA) is 74.7 Å². The summed E-state index contributed by atoms with van der Waals surface area (Å²) in [5, 5.41) is 9.16. The van der Waals surface area contributed by atoms with E-state index >= 15 is 0 Å². The maximum Gasteiger partial charge on any atom is 0.320 e. The Kier molecular flexibility index (Phi) is 4.94. The number of nitrogens with zero attached hydrogens (tertiary/aromatic N) is 1. The average Bonchev–Trinajstić information content (AvgIpc) is 2.25. The minimum atomic E-state index is -3.03. The number of hydrogen-bond donors (Lipinski definition) is 1. The summed E-state index contributed by atoms with van der Waals surface area (Å²) in [6.07, 6.45) is 3.77. The minimum Gasteiger partial charge on any atom is -0.480 e. The molecule has 1 saturated heterocycles. The average molecular weight is 263 g/mol. The molecule has 1 N–H and O–H groups in total. The first-order valence-electron chi connectivity index (χ1n) is 5.98. The Morgan fingerprint density at radius 1 is 1.47 bits per heavy atom. The molecule has 1 heterocycles. The Morgan fingerprint density at radius 2 is 2.12 bits per heavy atom. The third-order valence-corrected chi connectivity index (χ3v) is 4.36. The van der Waals surface area contributed by atoms with Gasteiger partial charge in [-0.3, -0.25) is 9.69 Å². The lowest BCUT2D eigenvalue weighted by atomic mass is 9.89. The van der Waals surface area contributed by atoms with Crippen LogP contribution < -0.4 is 0 Å². The molecule has 100 valence electrons. The molecule has 0 saturated carbocycles. The molecule has 0 spiro atoms. The number of hydrogen-bond acceptors (Lipinski definition) is 4. The lowest BCUT2D eigenvalue weighted by molar-refractivity contribution is -0.145. The molecule has 2 unspecified atom stereocenters. The van der Waals surface area contributed by atoms with Gasteiger partial charge in [-0.15, -0.1) is 0 Å².